The zero-order chi connectivity index (χ0) is 12.7. The van der Waals surface area contributed by atoms with Crippen molar-refractivity contribution in [1.29, 1.82) is 0 Å². The van der Waals surface area contributed by atoms with Crippen LogP contribution in [0.4, 0.5) is 5.69 Å². The molecule has 0 fully saturated rings. The van der Waals surface area contributed by atoms with Crippen LogP contribution >= 0.6 is 0 Å². The van der Waals surface area contributed by atoms with Crippen LogP contribution in [0.25, 0.3) is 0 Å². The topological polar surface area (TPSA) is 41.5 Å². The third-order valence-electron chi connectivity index (χ3n) is 3.19. The third kappa shape index (κ3) is 4.36. The lowest BCUT2D eigenvalue weighted by Gasteiger charge is -2.26. The van der Waals surface area contributed by atoms with Gasteiger partial charge in [0.1, 0.15) is 0 Å². The SMILES string of the molecule is CCC(C)(CO)CNc1cccc(COC)c1. The Bertz CT molecular complexity index is 335. The predicted molar refractivity (Wildman–Crippen MR) is 71.1 cm³/mol. The first-order valence-electron chi connectivity index (χ1n) is 6.06. The van der Waals surface area contributed by atoms with Crippen LogP contribution < -0.4 is 5.32 Å². The molecule has 3 heteroatoms. The van der Waals surface area contributed by atoms with Crippen molar-refractivity contribution < 1.29 is 9.84 Å². The number of rotatable bonds is 7. The normalized spacial score (nSPS) is 14.4. The lowest BCUT2D eigenvalue weighted by molar-refractivity contribution is 0.149. The molecule has 0 aliphatic rings. The van der Waals surface area contributed by atoms with Gasteiger partial charge in [-0.2, -0.15) is 0 Å². The maximum atomic E-state index is 9.34. The number of nitrogens with one attached hydrogen (secondary N) is 1. The van der Waals surface area contributed by atoms with Crippen LogP contribution in [0.1, 0.15) is 25.8 Å². The highest BCUT2D eigenvalue weighted by molar-refractivity contribution is 5.45. The molecular weight excluding hydrogens is 214 g/mol. The zero-order valence-corrected chi connectivity index (χ0v) is 11.0. The fourth-order valence-corrected chi connectivity index (χ4v) is 1.55. The van der Waals surface area contributed by atoms with Gasteiger partial charge in [0.2, 0.25) is 0 Å². The molecule has 0 spiro atoms. The smallest absolute Gasteiger partial charge is 0.0713 e. The Hall–Kier alpha value is -1.06. The largest absolute Gasteiger partial charge is 0.396 e. The minimum Gasteiger partial charge on any atom is -0.396 e. The summed E-state index contributed by atoms with van der Waals surface area (Å²) in [5, 5.41) is 12.7. The van der Waals surface area contributed by atoms with E-state index in [4.69, 9.17) is 4.74 Å². The maximum Gasteiger partial charge on any atom is 0.0713 e. The zero-order valence-electron chi connectivity index (χ0n) is 11.0. The second-order valence-electron chi connectivity index (χ2n) is 4.81. The number of aliphatic hydroxyl groups excluding tert-OH is 1. The van der Waals surface area contributed by atoms with Crippen LogP contribution in [-0.4, -0.2) is 25.4 Å². The lowest BCUT2D eigenvalue weighted by Crippen LogP contribution is -2.29. The van der Waals surface area contributed by atoms with E-state index in [0.717, 1.165) is 24.2 Å². The molecule has 0 heterocycles. The minimum atomic E-state index is -0.0583. The van der Waals surface area contributed by atoms with Crippen LogP contribution in [0.2, 0.25) is 0 Å². The van der Waals surface area contributed by atoms with E-state index < -0.39 is 0 Å². The van der Waals surface area contributed by atoms with Gasteiger partial charge in [0.15, 0.2) is 0 Å². The molecule has 1 aromatic carbocycles. The minimum absolute atomic E-state index is 0.0583. The molecule has 17 heavy (non-hydrogen) atoms. The highest BCUT2D eigenvalue weighted by Crippen LogP contribution is 2.21. The first-order chi connectivity index (χ1) is 8.13. The molecule has 96 valence electrons. The Morgan fingerprint density at radius 1 is 1.41 bits per heavy atom. The molecular formula is C14H23NO2. The van der Waals surface area contributed by atoms with E-state index in [1.165, 1.54) is 0 Å². The number of benzene rings is 1. The molecule has 1 unspecified atom stereocenters. The van der Waals surface area contributed by atoms with Crippen LogP contribution in [0, 0.1) is 5.41 Å². The van der Waals surface area contributed by atoms with Crippen molar-refractivity contribution in [3.8, 4) is 0 Å². The Kier molecular flexibility index (Phi) is 5.45. The molecule has 0 saturated carbocycles. The van der Waals surface area contributed by atoms with Gasteiger partial charge in [-0.15, -0.1) is 0 Å². The number of hydrogen-bond donors (Lipinski definition) is 2. The number of methoxy groups -OCH3 is 1. The van der Waals surface area contributed by atoms with Gasteiger partial charge >= 0.3 is 0 Å². The Morgan fingerprint density at radius 2 is 2.18 bits per heavy atom. The fraction of sp³-hybridized carbons (Fsp3) is 0.571. The van der Waals surface area contributed by atoms with Crippen molar-refractivity contribution in [2.75, 3.05) is 25.6 Å². The molecule has 0 saturated heterocycles. The van der Waals surface area contributed by atoms with Crippen LogP contribution in [-0.2, 0) is 11.3 Å². The number of anilines is 1. The van der Waals surface area contributed by atoms with E-state index in [1.54, 1.807) is 7.11 Å². The van der Waals surface area contributed by atoms with Crippen molar-refractivity contribution >= 4 is 5.69 Å². The van der Waals surface area contributed by atoms with Gasteiger partial charge in [-0.3, -0.25) is 0 Å². The molecule has 1 aromatic rings. The summed E-state index contributed by atoms with van der Waals surface area (Å²) in [6.45, 7) is 5.78. The summed E-state index contributed by atoms with van der Waals surface area (Å²) in [5.41, 5.74) is 2.17. The van der Waals surface area contributed by atoms with E-state index in [2.05, 4.69) is 25.2 Å². The van der Waals surface area contributed by atoms with E-state index >= 15 is 0 Å². The standard InChI is InChI=1S/C14H23NO2/c1-4-14(2,11-16)10-15-13-7-5-6-12(8-13)9-17-3/h5-8,15-16H,4,9-11H2,1-3H3. The summed E-state index contributed by atoms with van der Waals surface area (Å²) in [4.78, 5) is 0. The monoisotopic (exact) mass is 237 g/mol. The van der Waals surface area contributed by atoms with Crippen LogP contribution in [0.5, 0.6) is 0 Å². The molecule has 0 bridgehead atoms. The van der Waals surface area contributed by atoms with Crippen molar-refractivity contribution in [2.45, 2.75) is 26.9 Å². The molecule has 0 aliphatic heterocycles. The van der Waals surface area contributed by atoms with Crippen molar-refractivity contribution in [2.24, 2.45) is 5.41 Å². The van der Waals surface area contributed by atoms with E-state index in [9.17, 15) is 5.11 Å². The Balaban J connectivity index is 2.59. The second kappa shape index (κ2) is 6.62. The molecule has 1 atom stereocenters. The fourth-order valence-electron chi connectivity index (χ4n) is 1.55. The molecule has 0 radical (unpaired) electrons. The van der Waals surface area contributed by atoms with Gasteiger partial charge in [0.25, 0.3) is 0 Å². The van der Waals surface area contributed by atoms with Gasteiger partial charge < -0.3 is 15.2 Å². The Labute approximate surface area is 104 Å². The molecule has 0 aliphatic carbocycles. The van der Waals surface area contributed by atoms with E-state index in [0.29, 0.717) is 6.61 Å². The summed E-state index contributed by atoms with van der Waals surface area (Å²) in [5.74, 6) is 0. The van der Waals surface area contributed by atoms with Gasteiger partial charge in [-0.1, -0.05) is 26.0 Å². The predicted octanol–water partition coefficient (Wildman–Crippen LogP) is 2.65. The molecule has 1 rings (SSSR count). The van der Waals surface area contributed by atoms with Crippen molar-refractivity contribution in [3.63, 3.8) is 0 Å². The van der Waals surface area contributed by atoms with Gasteiger partial charge in [0.05, 0.1) is 13.2 Å². The summed E-state index contributed by atoms with van der Waals surface area (Å²) in [7, 11) is 1.69. The molecule has 0 aromatic heterocycles. The highest BCUT2D eigenvalue weighted by atomic mass is 16.5. The average molecular weight is 237 g/mol. The van der Waals surface area contributed by atoms with Gasteiger partial charge in [0, 0.05) is 24.8 Å². The Morgan fingerprint density at radius 3 is 2.76 bits per heavy atom. The summed E-state index contributed by atoms with van der Waals surface area (Å²) < 4.78 is 5.10. The lowest BCUT2D eigenvalue weighted by atomic mass is 9.88. The van der Waals surface area contributed by atoms with Crippen LogP contribution in [0.3, 0.4) is 0 Å². The first-order valence-corrected chi connectivity index (χ1v) is 6.06. The highest BCUT2D eigenvalue weighted by Gasteiger charge is 2.20. The third-order valence-corrected chi connectivity index (χ3v) is 3.19. The molecule has 3 nitrogen and oxygen atoms in total. The molecule has 0 amide bonds. The number of aliphatic hydroxyl groups is 1. The maximum absolute atomic E-state index is 9.34. The second-order valence-corrected chi connectivity index (χ2v) is 4.81. The van der Waals surface area contributed by atoms with Gasteiger partial charge in [-0.25, -0.2) is 0 Å². The van der Waals surface area contributed by atoms with Crippen LogP contribution in [0.15, 0.2) is 24.3 Å². The summed E-state index contributed by atoms with van der Waals surface area (Å²) in [6, 6.07) is 8.17. The summed E-state index contributed by atoms with van der Waals surface area (Å²) >= 11 is 0. The van der Waals surface area contributed by atoms with E-state index in [-0.39, 0.29) is 12.0 Å². The van der Waals surface area contributed by atoms with Crippen molar-refractivity contribution in [3.05, 3.63) is 29.8 Å². The number of hydrogen-bond acceptors (Lipinski definition) is 3. The first kappa shape index (κ1) is 14.0. The van der Waals surface area contributed by atoms with Crippen molar-refractivity contribution in [1.82, 2.24) is 0 Å². The number of ether oxygens (including phenoxy) is 1. The summed E-state index contributed by atoms with van der Waals surface area (Å²) in [6.07, 6.45) is 0.953. The molecule has 2 N–H and O–H groups in total. The van der Waals surface area contributed by atoms with E-state index in [1.807, 2.05) is 18.2 Å². The van der Waals surface area contributed by atoms with Gasteiger partial charge in [-0.05, 0) is 24.1 Å². The average Bonchev–Trinajstić information content (AvgIpc) is 2.37. The quantitative estimate of drug-likeness (QED) is 0.766.